The van der Waals surface area contributed by atoms with Crippen LogP contribution in [0.25, 0.3) is 22.5 Å². The Hall–Kier alpha value is -4.22. The van der Waals surface area contributed by atoms with Crippen LogP contribution in [0.4, 0.5) is 19.0 Å². The molecule has 4 aromatic rings. The molecule has 4 aromatic heterocycles. The average Bonchev–Trinajstić information content (AvgIpc) is 3.23. The molecule has 0 aliphatic carbocycles. The van der Waals surface area contributed by atoms with Crippen molar-refractivity contribution in [1.82, 2.24) is 34.7 Å². The second kappa shape index (κ2) is 8.26. The van der Waals surface area contributed by atoms with E-state index in [0.717, 1.165) is 18.0 Å². The lowest BCUT2D eigenvalue weighted by Gasteiger charge is -2.06. The van der Waals surface area contributed by atoms with Crippen LogP contribution in [-0.2, 0) is 17.5 Å². The molecule has 12 heteroatoms. The molecule has 0 bridgehead atoms. The minimum Gasteiger partial charge on any atom is -0.309 e. The van der Waals surface area contributed by atoms with Crippen molar-refractivity contribution in [3.8, 4) is 22.5 Å². The second-order valence-corrected chi connectivity index (χ2v) is 6.28. The van der Waals surface area contributed by atoms with E-state index in [9.17, 15) is 18.0 Å². The minimum absolute atomic E-state index is 0.0512. The van der Waals surface area contributed by atoms with Crippen LogP contribution in [0.2, 0.25) is 0 Å². The number of amides is 1. The summed E-state index contributed by atoms with van der Waals surface area (Å²) in [5, 5.41) is 6.62. The lowest BCUT2D eigenvalue weighted by atomic mass is 10.2. The van der Waals surface area contributed by atoms with E-state index < -0.39 is 17.8 Å². The molecule has 0 saturated carbocycles. The SMILES string of the molecule is O=C(Cn1cc(-c2cc(C(F)(F)F)ncn2)cn1)Nc1ccc(-c2cnccn2)cn1. The first-order chi connectivity index (χ1) is 14.9. The van der Waals surface area contributed by atoms with Gasteiger partial charge in [-0.15, -0.1) is 0 Å². The summed E-state index contributed by atoms with van der Waals surface area (Å²) in [5.74, 6) is -0.0799. The van der Waals surface area contributed by atoms with Crippen LogP contribution < -0.4 is 5.32 Å². The number of carbonyl (C=O) groups is 1. The Bertz CT molecular complexity index is 1190. The number of nitrogens with zero attached hydrogens (tertiary/aromatic N) is 7. The molecule has 0 spiro atoms. The summed E-state index contributed by atoms with van der Waals surface area (Å²) in [4.78, 5) is 31.6. The van der Waals surface area contributed by atoms with Crippen LogP contribution in [-0.4, -0.2) is 40.6 Å². The molecule has 31 heavy (non-hydrogen) atoms. The zero-order valence-electron chi connectivity index (χ0n) is 15.7. The van der Waals surface area contributed by atoms with Crippen molar-refractivity contribution in [3.63, 3.8) is 0 Å². The minimum atomic E-state index is -4.58. The van der Waals surface area contributed by atoms with Crippen LogP contribution in [0.5, 0.6) is 0 Å². The standard InChI is InChI=1S/C19H13F3N8O/c20-19(21,22)16-5-14(26-11-27-16)13-7-28-30(9-13)10-18(31)29-17-2-1-12(6-25-17)15-8-23-3-4-24-15/h1-9,11H,10H2,(H,25,29,31). The van der Waals surface area contributed by atoms with Gasteiger partial charge in [0.25, 0.3) is 0 Å². The van der Waals surface area contributed by atoms with Crippen LogP contribution >= 0.6 is 0 Å². The summed E-state index contributed by atoms with van der Waals surface area (Å²) in [6.07, 6.45) is 5.28. The van der Waals surface area contributed by atoms with Gasteiger partial charge < -0.3 is 5.32 Å². The Morgan fingerprint density at radius 2 is 1.84 bits per heavy atom. The molecule has 0 atom stereocenters. The molecule has 156 valence electrons. The Morgan fingerprint density at radius 3 is 2.55 bits per heavy atom. The van der Waals surface area contributed by atoms with E-state index >= 15 is 0 Å². The van der Waals surface area contributed by atoms with Gasteiger partial charge in [-0.25, -0.2) is 15.0 Å². The number of hydrogen-bond donors (Lipinski definition) is 1. The predicted octanol–water partition coefficient (Wildman–Crippen LogP) is 2.85. The first-order valence-electron chi connectivity index (χ1n) is 8.83. The number of nitrogens with one attached hydrogen (secondary N) is 1. The molecule has 4 heterocycles. The fourth-order valence-corrected chi connectivity index (χ4v) is 2.65. The van der Waals surface area contributed by atoms with E-state index in [1.807, 2.05) is 0 Å². The number of hydrogen-bond acceptors (Lipinski definition) is 7. The van der Waals surface area contributed by atoms with Crippen molar-refractivity contribution in [2.75, 3.05) is 5.32 Å². The molecule has 1 amide bonds. The quantitative estimate of drug-likeness (QED) is 0.522. The fraction of sp³-hybridized carbons (Fsp3) is 0.105. The van der Waals surface area contributed by atoms with Gasteiger partial charge in [0.1, 0.15) is 24.4 Å². The third-order valence-electron chi connectivity index (χ3n) is 4.08. The summed E-state index contributed by atoms with van der Waals surface area (Å²) in [5.41, 5.74) is 0.711. The van der Waals surface area contributed by atoms with E-state index in [4.69, 9.17) is 0 Å². The zero-order valence-corrected chi connectivity index (χ0v) is 15.7. The Balaban J connectivity index is 1.40. The second-order valence-electron chi connectivity index (χ2n) is 6.28. The van der Waals surface area contributed by atoms with Crippen molar-refractivity contribution < 1.29 is 18.0 Å². The number of aromatic nitrogens is 7. The highest BCUT2D eigenvalue weighted by Gasteiger charge is 2.32. The summed E-state index contributed by atoms with van der Waals surface area (Å²) < 4.78 is 39.7. The van der Waals surface area contributed by atoms with Crippen LogP contribution in [0.3, 0.4) is 0 Å². The van der Waals surface area contributed by atoms with Gasteiger partial charge in [-0.2, -0.15) is 18.3 Å². The lowest BCUT2D eigenvalue weighted by Crippen LogP contribution is -2.19. The van der Waals surface area contributed by atoms with Gasteiger partial charge in [-0.3, -0.25) is 19.4 Å². The van der Waals surface area contributed by atoms with Crippen LogP contribution in [0.1, 0.15) is 5.69 Å². The Morgan fingerprint density at radius 1 is 0.968 bits per heavy atom. The van der Waals surface area contributed by atoms with Gasteiger partial charge in [-0.1, -0.05) is 0 Å². The van der Waals surface area contributed by atoms with Gasteiger partial charge in [-0.05, 0) is 18.2 Å². The van der Waals surface area contributed by atoms with Gasteiger partial charge in [0, 0.05) is 35.9 Å². The molecule has 0 aliphatic rings. The van der Waals surface area contributed by atoms with E-state index in [2.05, 4.69) is 35.3 Å². The highest BCUT2D eigenvalue weighted by atomic mass is 19.4. The summed E-state index contributed by atoms with van der Waals surface area (Å²) in [7, 11) is 0. The van der Waals surface area contributed by atoms with Crippen molar-refractivity contribution in [1.29, 1.82) is 0 Å². The number of rotatable bonds is 5. The van der Waals surface area contributed by atoms with E-state index in [-0.39, 0.29) is 12.2 Å². The topological polar surface area (TPSA) is 111 Å². The van der Waals surface area contributed by atoms with Crippen molar-refractivity contribution in [2.24, 2.45) is 0 Å². The fourth-order valence-electron chi connectivity index (χ4n) is 2.65. The third-order valence-corrected chi connectivity index (χ3v) is 4.08. The molecule has 0 fully saturated rings. The third kappa shape index (κ3) is 4.86. The van der Waals surface area contributed by atoms with Crippen molar-refractivity contribution in [2.45, 2.75) is 12.7 Å². The molecule has 9 nitrogen and oxygen atoms in total. The summed E-state index contributed by atoms with van der Waals surface area (Å²) in [6, 6.07) is 4.19. The number of anilines is 1. The Kier molecular flexibility index (Phi) is 5.35. The largest absolute Gasteiger partial charge is 0.433 e. The number of alkyl halides is 3. The van der Waals surface area contributed by atoms with E-state index in [1.54, 1.807) is 36.9 Å². The first-order valence-corrected chi connectivity index (χ1v) is 8.83. The molecule has 0 radical (unpaired) electrons. The summed E-state index contributed by atoms with van der Waals surface area (Å²) >= 11 is 0. The maximum atomic E-state index is 12.8. The smallest absolute Gasteiger partial charge is 0.309 e. The van der Waals surface area contributed by atoms with Gasteiger partial charge in [0.2, 0.25) is 5.91 Å². The number of pyridine rings is 1. The molecule has 1 N–H and O–H groups in total. The Labute approximate surface area is 173 Å². The van der Waals surface area contributed by atoms with E-state index in [0.29, 0.717) is 17.1 Å². The zero-order chi connectivity index (χ0) is 21.8. The van der Waals surface area contributed by atoms with Crippen LogP contribution in [0.15, 0.2) is 61.7 Å². The van der Waals surface area contributed by atoms with Gasteiger partial charge in [0.15, 0.2) is 0 Å². The predicted molar refractivity (Wildman–Crippen MR) is 102 cm³/mol. The van der Waals surface area contributed by atoms with Gasteiger partial charge in [0.05, 0.1) is 23.8 Å². The average molecular weight is 426 g/mol. The first kappa shape index (κ1) is 20.1. The maximum Gasteiger partial charge on any atom is 0.433 e. The highest BCUT2D eigenvalue weighted by Crippen LogP contribution is 2.29. The van der Waals surface area contributed by atoms with Crippen molar-refractivity contribution >= 4 is 11.7 Å². The molecule has 0 aliphatic heterocycles. The molecular formula is C19H13F3N8O. The summed E-state index contributed by atoms with van der Waals surface area (Å²) in [6.45, 7) is -0.162. The highest BCUT2D eigenvalue weighted by molar-refractivity contribution is 5.89. The molecule has 0 unspecified atom stereocenters. The maximum absolute atomic E-state index is 12.8. The van der Waals surface area contributed by atoms with Crippen molar-refractivity contribution in [3.05, 3.63) is 67.4 Å². The monoisotopic (exact) mass is 426 g/mol. The van der Waals surface area contributed by atoms with Crippen LogP contribution in [0, 0.1) is 0 Å². The van der Waals surface area contributed by atoms with E-state index in [1.165, 1.54) is 17.1 Å². The molecular weight excluding hydrogens is 413 g/mol. The number of halogens is 3. The van der Waals surface area contributed by atoms with Gasteiger partial charge >= 0.3 is 6.18 Å². The molecule has 0 aromatic carbocycles. The lowest BCUT2D eigenvalue weighted by molar-refractivity contribution is -0.141. The normalized spacial score (nSPS) is 11.3. The number of carbonyl (C=O) groups excluding carboxylic acids is 1. The molecule has 0 saturated heterocycles. The molecule has 4 rings (SSSR count).